The van der Waals surface area contributed by atoms with E-state index in [2.05, 4.69) is 19.2 Å². The van der Waals surface area contributed by atoms with Gasteiger partial charge in [0.1, 0.15) is 6.04 Å². The van der Waals surface area contributed by atoms with Crippen molar-refractivity contribution in [1.82, 2.24) is 5.32 Å². The second-order valence-electron chi connectivity index (χ2n) is 4.67. The minimum absolute atomic E-state index is 0.0653. The number of benzene rings is 1. The van der Waals surface area contributed by atoms with Crippen molar-refractivity contribution in [3.63, 3.8) is 0 Å². The van der Waals surface area contributed by atoms with Crippen LogP contribution in [0.2, 0.25) is 0 Å². The number of hydrogen-bond acceptors (Lipinski definition) is 3. The zero-order chi connectivity index (χ0) is 13.5. The maximum atomic E-state index is 11.5. The van der Waals surface area contributed by atoms with Crippen LogP contribution in [0.25, 0.3) is 0 Å². The highest BCUT2D eigenvalue weighted by Gasteiger charge is 2.20. The van der Waals surface area contributed by atoms with Gasteiger partial charge in [-0.2, -0.15) is 0 Å². The van der Waals surface area contributed by atoms with E-state index in [1.165, 1.54) is 0 Å². The number of nitrogens with one attached hydrogen (secondary N) is 1. The molecule has 0 saturated heterocycles. The molecule has 1 aromatic rings. The second-order valence-corrected chi connectivity index (χ2v) is 4.67. The Hall–Kier alpha value is -1.39. The Morgan fingerprint density at radius 3 is 2.39 bits per heavy atom. The van der Waals surface area contributed by atoms with Crippen LogP contribution in [-0.2, 0) is 9.53 Å². The first-order valence-electron chi connectivity index (χ1n) is 6.16. The Bertz CT molecular complexity index is 365. The zero-order valence-electron chi connectivity index (χ0n) is 11.2. The molecule has 0 radical (unpaired) electrons. The van der Waals surface area contributed by atoms with Gasteiger partial charge < -0.3 is 10.5 Å². The molecule has 18 heavy (non-hydrogen) atoms. The molecule has 1 amide bonds. The van der Waals surface area contributed by atoms with Gasteiger partial charge in [-0.05, 0) is 11.5 Å². The third-order valence-electron chi connectivity index (χ3n) is 2.99. The van der Waals surface area contributed by atoms with E-state index < -0.39 is 6.04 Å². The van der Waals surface area contributed by atoms with Crippen LogP contribution >= 0.6 is 0 Å². The molecule has 0 fully saturated rings. The van der Waals surface area contributed by atoms with Crippen molar-refractivity contribution in [2.75, 3.05) is 13.7 Å². The lowest BCUT2D eigenvalue weighted by molar-refractivity contribution is -0.120. The average Bonchev–Trinajstić information content (AvgIpc) is 2.35. The first-order valence-corrected chi connectivity index (χ1v) is 6.16. The zero-order valence-corrected chi connectivity index (χ0v) is 11.2. The lowest BCUT2D eigenvalue weighted by Crippen LogP contribution is -2.40. The van der Waals surface area contributed by atoms with E-state index in [-0.39, 0.29) is 12.0 Å². The molecule has 4 nitrogen and oxygen atoms in total. The molecule has 0 aliphatic rings. The van der Waals surface area contributed by atoms with Crippen LogP contribution in [0.3, 0.4) is 0 Å². The van der Waals surface area contributed by atoms with E-state index >= 15 is 0 Å². The smallest absolute Gasteiger partial charge is 0.239 e. The van der Waals surface area contributed by atoms with Gasteiger partial charge in [0.05, 0.1) is 6.10 Å². The number of ether oxygens (including phenoxy) is 1. The largest absolute Gasteiger partial charge is 0.380 e. The number of nitrogens with two attached hydrogens (primary N) is 1. The van der Waals surface area contributed by atoms with Crippen LogP contribution in [0.15, 0.2) is 30.3 Å². The minimum atomic E-state index is -0.470. The molecule has 3 N–H and O–H groups in total. The van der Waals surface area contributed by atoms with E-state index in [9.17, 15) is 4.79 Å². The van der Waals surface area contributed by atoms with Crippen molar-refractivity contribution >= 4 is 5.91 Å². The Balaban J connectivity index is 2.68. The first-order chi connectivity index (χ1) is 8.56. The molecule has 0 heterocycles. The Labute approximate surface area is 109 Å². The van der Waals surface area contributed by atoms with Gasteiger partial charge in [0.2, 0.25) is 5.91 Å². The lowest BCUT2D eigenvalue weighted by Gasteiger charge is -2.23. The van der Waals surface area contributed by atoms with Crippen LogP contribution in [0.4, 0.5) is 0 Å². The Morgan fingerprint density at radius 2 is 1.94 bits per heavy atom. The number of primary amides is 1. The topological polar surface area (TPSA) is 64.3 Å². The summed E-state index contributed by atoms with van der Waals surface area (Å²) in [6.45, 7) is 4.76. The summed E-state index contributed by atoms with van der Waals surface area (Å²) in [7, 11) is 1.67. The van der Waals surface area contributed by atoms with Crippen molar-refractivity contribution in [2.45, 2.75) is 26.0 Å². The van der Waals surface area contributed by atoms with E-state index in [4.69, 9.17) is 10.5 Å². The van der Waals surface area contributed by atoms with Gasteiger partial charge >= 0.3 is 0 Å². The fraction of sp³-hybridized carbons (Fsp3) is 0.500. The predicted molar refractivity (Wildman–Crippen MR) is 72.0 cm³/mol. The molecule has 2 atom stereocenters. The minimum Gasteiger partial charge on any atom is -0.380 e. The molecule has 1 aromatic carbocycles. The Kier molecular flexibility index (Phi) is 5.82. The van der Waals surface area contributed by atoms with Crippen LogP contribution in [-0.4, -0.2) is 25.7 Å². The van der Waals surface area contributed by atoms with Gasteiger partial charge in [0.25, 0.3) is 0 Å². The summed E-state index contributed by atoms with van der Waals surface area (Å²) in [6.07, 6.45) is 0.0653. The van der Waals surface area contributed by atoms with Gasteiger partial charge in [-0.3, -0.25) is 10.1 Å². The lowest BCUT2D eigenvalue weighted by atomic mass is 10.0. The number of amides is 1. The van der Waals surface area contributed by atoms with Gasteiger partial charge in [0.15, 0.2) is 0 Å². The fourth-order valence-corrected chi connectivity index (χ4v) is 1.85. The quantitative estimate of drug-likeness (QED) is 0.770. The SMILES string of the molecule is CO[C@H](CN[C@@H](C(N)=O)c1ccccc1)C(C)C. The monoisotopic (exact) mass is 250 g/mol. The molecule has 1 rings (SSSR count). The van der Waals surface area contributed by atoms with Gasteiger partial charge in [-0.1, -0.05) is 44.2 Å². The first kappa shape index (κ1) is 14.7. The van der Waals surface area contributed by atoms with Crippen molar-refractivity contribution in [1.29, 1.82) is 0 Å². The third-order valence-corrected chi connectivity index (χ3v) is 2.99. The number of hydrogen-bond donors (Lipinski definition) is 2. The number of carbonyl (C=O) groups excluding carboxylic acids is 1. The molecule has 0 spiro atoms. The summed E-state index contributed by atoms with van der Waals surface area (Å²) < 4.78 is 5.36. The number of rotatable bonds is 7. The Morgan fingerprint density at radius 1 is 1.33 bits per heavy atom. The summed E-state index contributed by atoms with van der Waals surface area (Å²) in [6, 6.07) is 9.00. The van der Waals surface area contributed by atoms with Gasteiger partial charge in [-0.25, -0.2) is 0 Å². The standard InChI is InChI=1S/C14H22N2O2/c1-10(2)12(18-3)9-16-13(14(15)17)11-7-5-4-6-8-11/h4-8,10,12-13,16H,9H2,1-3H3,(H2,15,17)/t12-,13-/m1/s1. The molecular formula is C14H22N2O2. The maximum Gasteiger partial charge on any atom is 0.239 e. The highest BCUT2D eigenvalue weighted by atomic mass is 16.5. The summed E-state index contributed by atoms with van der Waals surface area (Å²) in [5.74, 6) is 0.00612. The van der Waals surface area contributed by atoms with Crippen molar-refractivity contribution in [2.24, 2.45) is 11.7 Å². The maximum absolute atomic E-state index is 11.5. The summed E-state index contributed by atoms with van der Waals surface area (Å²) in [4.78, 5) is 11.5. The fourth-order valence-electron chi connectivity index (χ4n) is 1.85. The second kappa shape index (κ2) is 7.13. The number of carbonyl (C=O) groups is 1. The van der Waals surface area contributed by atoms with Gasteiger partial charge in [-0.15, -0.1) is 0 Å². The van der Waals surface area contributed by atoms with Crippen LogP contribution < -0.4 is 11.1 Å². The third kappa shape index (κ3) is 4.13. The molecule has 0 unspecified atom stereocenters. The van der Waals surface area contributed by atoms with E-state index in [0.29, 0.717) is 12.5 Å². The van der Waals surface area contributed by atoms with E-state index in [1.807, 2.05) is 30.3 Å². The van der Waals surface area contributed by atoms with Crippen molar-refractivity contribution in [3.05, 3.63) is 35.9 Å². The molecule has 4 heteroatoms. The van der Waals surface area contributed by atoms with E-state index in [1.54, 1.807) is 7.11 Å². The molecule has 0 aromatic heterocycles. The summed E-state index contributed by atoms with van der Waals surface area (Å²) >= 11 is 0. The average molecular weight is 250 g/mol. The highest BCUT2D eigenvalue weighted by Crippen LogP contribution is 2.13. The summed E-state index contributed by atoms with van der Waals surface area (Å²) in [5, 5.41) is 3.17. The van der Waals surface area contributed by atoms with Crippen molar-refractivity contribution < 1.29 is 9.53 Å². The molecule has 0 aliphatic carbocycles. The molecular weight excluding hydrogens is 228 g/mol. The van der Waals surface area contributed by atoms with Crippen molar-refractivity contribution in [3.8, 4) is 0 Å². The highest BCUT2D eigenvalue weighted by molar-refractivity contribution is 5.81. The molecule has 0 aliphatic heterocycles. The molecule has 0 bridgehead atoms. The molecule has 100 valence electrons. The predicted octanol–water partition coefficient (Wildman–Crippen LogP) is 1.47. The number of methoxy groups -OCH3 is 1. The van der Waals surface area contributed by atoms with Gasteiger partial charge in [0, 0.05) is 13.7 Å². The normalized spacial score (nSPS) is 14.4. The molecule has 0 saturated carbocycles. The van der Waals surface area contributed by atoms with Crippen LogP contribution in [0.1, 0.15) is 25.5 Å². The van der Waals surface area contributed by atoms with Crippen LogP contribution in [0, 0.1) is 5.92 Å². The van der Waals surface area contributed by atoms with E-state index in [0.717, 1.165) is 5.56 Å². The summed E-state index contributed by atoms with van der Waals surface area (Å²) in [5.41, 5.74) is 6.31. The van der Waals surface area contributed by atoms with Crippen LogP contribution in [0.5, 0.6) is 0 Å².